The number of ether oxygens (including phenoxy) is 1. The maximum Gasteiger partial charge on any atom is 0.338 e. The smallest absolute Gasteiger partial charge is 0.338 e. The van der Waals surface area contributed by atoms with Crippen molar-refractivity contribution in [2.45, 2.75) is 45.1 Å². The van der Waals surface area contributed by atoms with Crippen molar-refractivity contribution in [2.24, 2.45) is 5.73 Å². The summed E-state index contributed by atoms with van der Waals surface area (Å²) in [5.74, 6) is -1.39. The highest BCUT2D eigenvalue weighted by atomic mass is 16.5. The second-order valence-corrected chi connectivity index (χ2v) is 6.89. The number of hydrogen-bond acceptors (Lipinski definition) is 5. The Morgan fingerprint density at radius 3 is 2.85 bits per heavy atom. The molecule has 0 aliphatic carbocycles. The van der Waals surface area contributed by atoms with E-state index in [0.29, 0.717) is 18.5 Å². The highest BCUT2D eigenvalue weighted by Gasteiger charge is 2.31. The summed E-state index contributed by atoms with van der Waals surface area (Å²) in [5, 5.41) is 3.33. The van der Waals surface area contributed by atoms with Crippen molar-refractivity contribution < 1.29 is 19.1 Å². The van der Waals surface area contributed by atoms with Crippen LogP contribution in [0.15, 0.2) is 12.1 Å². The zero-order valence-corrected chi connectivity index (χ0v) is 15.0. The van der Waals surface area contributed by atoms with Gasteiger partial charge in [0.05, 0.1) is 5.56 Å². The van der Waals surface area contributed by atoms with Crippen LogP contribution < -0.4 is 11.1 Å². The van der Waals surface area contributed by atoms with E-state index in [9.17, 15) is 14.4 Å². The van der Waals surface area contributed by atoms with Crippen molar-refractivity contribution in [2.75, 3.05) is 25.0 Å². The zero-order valence-electron chi connectivity index (χ0n) is 15.0. The Morgan fingerprint density at radius 1 is 1.27 bits per heavy atom. The van der Waals surface area contributed by atoms with E-state index in [-0.39, 0.29) is 12.5 Å². The van der Waals surface area contributed by atoms with E-state index in [0.717, 1.165) is 49.0 Å². The number of anilines is 1. The Labute approximate surface area is 152 Å². The first-order valence-electron chi connectivity index (χ1n) is 9.11. The fourth-order valence-corrected chi connectivity index (χ4v) is 3.75. The number of carbonyl (C=O) groups excluding carboxylic acids is 3. The van der Waals surface area contributed by atoms with Crippen LogP contribution in [0.3, 0.4) is 0 Å². The molecule has 1 aromatic carbocycles. The van der Waals surface area contributed by atoms with Gasteiger partial charge in [0.2, 0.25) is 5.91 Å². The van der Waals surface area contributed by atoms with Gasteiger partial charge < -0.3 is 20.7 Å². The molecular formula is C19H25N3O4. The van der Waals surface area contributed by atoms with Crippen molar-refractivity contribution in [1.29, 1.82) is 0 Å². The van der Waals surface area contributed by atoms with Gasteiger partial charge in [0.15, 0.2) is 6.61 Å². The minimum absolute atomic E-state index is 0.374. The number of amides is 2. The molecule has 2 heterocycles. The largest absolute Gasteiger partial charge is 0.452 e. The highest BCUT2D eigenvalue weighted by Crippen LogP contribution is 2.29. The summed E-state index contributed by atoms with van der Waals surface area (Å²) in [7, 11) is 0. The lowest BCUT2D eigenvalue weighted by Crippen LogP contribution is -2.51. The Balaban J connectivity index is 1.67. The topological polar surface area (TPSA) is 102 Å². The molecule has 7 heteroatoms. The molecule has 2 aliphatic heterocycles. The van der Waals surface area contributed by atoms with Gasteiger partial charge in [-0.1, -0.05) is 6.07 Å². The third kappa shape index (κ3) is 3.66. The average molecular weight is 359 g/mol. The summed E-state index contributed by atoms with van der Waals surface area (Å²) in [5.41, 5.74) is 8.90. The Kier molecular flexibility index (Phi) is 5.44. The molecule has 0 radical (unpaired) electrons. The number of benzene rings is 1. The summed E-state index contributed by atoms with van der Waals surface area (Å²) >= 11 is 0. The third-order valence-corrected chi connectivity index (χ3v) is 5.12. The molecule has 0 aromatic heterocycles. The van der Waals surface area contributed by atoms with Crippen molar-refractivity contribution >= 4 is 23.5 Å². The third-order valence-electron chi connectivity index (χ3n) is 5.12. The molecule has 1 atom stereocenters. The van der Waals surface area contributed by atoms with E-state index in [1.165, 1.54) is 4.90 Å². The van der Waals surface area contributed by atoms with Gasteiger partial charge in [-0.2, -0.15) is 0 Å². The standard InChI is InChI=1S/C19H25N3O4/c1-12-7-8-14(13-5-4-9-21-17(12)13)19(25)26-11-16(23)22-10-3-2-6-15(22)18(20)24/h7-8,15,21H,2-6,9-11H2,1H3,(H2,20,24). The molecule has 7 nitrogen and oxygen atoms in total. The van der Waals surface area contributed by atoms with Crippen molar-refractivity contribution in [3.63, 3.8) is 0 Å². The van der Waals surface area contributed by atoms with E-state index in [2.05, 4.69) is 5.32 Å². The molecule has 3 N–H and O–H groups in total. The van der Waals surface area contributed by atoms with E-state index in [4.69, 9.17) is 10.5 Å². The Bertz CT molecular complexity index is 732. The predicted octanol–water partition coefficient (Wildman–Crippen LogP) is 1.38. The van der Waals surface area contributed by atoms with Crippen LogP contribution in [0.1, 0.15) is 47.2 Å². The fourth-order valence-electron chi connectivity index (χ4n) is 3.75. The number of carbonyl (C=O) groups is 3. The number of piperidine rings is 1. The first kappa shape index (κ1) is 18.2. The normalized spacial score (nSPS) is 19.3. The minimum Gasteiger partial charge on any atom is -0.452 e. The van der Waals surface area contributed by atoms with Gasteiger partial charge >= 0.3 is 5.97 Å². The van der Waals surface area contributed by atoms with Crippen LogP contribution in [-0.2, 0) is 20.7 Å². The summed E-state index contributed by atoms with van der Waals surface area (Å²) in [6.45, 7) is 2.97. The Hall–Kier alpha value is -2.57. The van der Waals surface area contributed by atoms with Crippen molar-refractivity contribution in [1.82, 2.24) is 4.90 Å². The van der Waals surface area contributed by atoms with E-state index in [1.54, 1.807) is 6.07 Å². The minimum atomic E-state index is -0.605. The number of likely N-dealkylation sites (tertiary alicyclic amines) is 1. The molecule has 0 saturated carbocycles. The van der Waals surface area contributed by atoms with Gasteiger partial charge in [0, 0.05) is 18.8 Å². The molecule has 1 aromatic rings. The SMILES string of the molecule is Cc1ccc(C(=O)OCC(=O)N2CCCCC2C(N)=O)c2c1NCCC2. The maximum absolute atomic E-state index is 12.5. The van der Waals surface area contributed by atoms with Gasteiger partial charge in [0.25, 0.3) is 5.91 Å². The predicted molar refractivity (Wildman–Crippen MR) is 96.8 cm³/mol. The second-order valence-electron chi connectivity index (χ2n) is 6.89. The lowest BCUT2D eigenvalue weighted by molar-refractivity contribution is -0.143. The summed E-state index contributed by atoms with van der Waals surface area (Å²) < 4.78 is 5.27. The molecule has 0 bridgehead atoms. The van der Waals surface area contributed by atoms with Gasteiger partial charge in [-0.15, -0.1) is 0 Å². The average Bonchev–Trinajstić information content (AvgIpc) is 2.66. The second kappa shape index (κ2) is 7.76. The number of fused-ring (bicyclic) bond motifs is 1. The lowest BCUT2D eigenvalue weighted by Gasteiger charge is -2.33. The number of esters is 1. The van der Waals surface area contributed by atoms with Crippen LogP contribution in [0.2, 0.25) is 0 Å². The molecular weight excluding hydrogens is 334 g/mol. The number of aryl methyl sites for hydroxylation is 1. The van der Waals surface area contributed by atoms with Gasteiger partial charge in [-0.25, -0.2) is 4.79 Å². The van der Waals surface area contributed by atoms with Gasteiger partial charge in [0.1, 0.15) is 6.04 Å². The van der Waals surface area contributed by atoms with Crippen LogP contribution in [0.5, 0.6) is 0 Å². The number of primary amides is 1. The monoisotopic (exact) mass is 359 g/mol. The van der Waals surface area contributed by atoms with Crippen LogP contribution >= 0.6 is 0 Å². The number of nitrogens with two attached hydrogens (primary N) is 1. The first-order chi connectivity index (χ1) is 12.5. The zero-order chi connectivity index (χ0) is 18.7. The molecule has 140 valence electrons. The van der Waals surface area contributed by atoms with E-state index < -0.39 is 17.9 Å². The molecule has 26 heavy (non-hydrogen) atoms. The molecule has 2 amide bonds. The molecule has 2 aliphatic rings. The number of rotatable bonds is 4. The van der Waals surface area contributed by atoms with E-state index in [1.807, 2.05) is 13.0 Å². The molecule has 1 fully saturated rings. The first-order valence-corrected chi connectivity index (χ1v) is 9.11. The summed E-state index contributed by atoms with van der Waals surface area (Å²) in [4.78, 5) is 37.9. The van der Waals surface area contributed by atoms with E-state index >= 15 is 0 Å². The fraction of sp³-hybridized carbons (Fsp3) is 0.526. The summed E-state index contributed by atoms with van der Waals surface area (Å²) in [6.07, 6.45) is 3.99. The van der Waals surface area contributed by atoms with Crippen LogP contribution in [0.25, 0.3) is 0 Å². The van der Waals surface area contributed by atoms with Gasteiger partial charge in [-0.3, -0.25) is 9.59 Å². The summed E-state index contributed by atoms with van der Waals surface area (Å²) in [6, 6.07) is 3.02. The number of nitrogens with zero attached hydrogens (tertiary/aromatic N) is 1. The van der Waals surface area contributed by atoms with Crippen molar-refractivity contribution in [3.05, 3.63) is 28.8 Å². The Morgan fingerprint density at radius 2 is 2.08 bits per heavy atom. The van der Waals surface area contributed by atoms with Crippen molar-refractivity contribution in [3.8, 4) is 0 Å². The van der Waals surface area contributed by atoms with Gasteiger partial charge in [-0.05, 0) is 56.2 Å². The highest BCUT2D eigenvalue weighted by molar-refractivity contribution is 5.95. The van der Waals surface area contributed by atoms with Crippen LogP contribution in [0, 0.1) is 6.92 Å². The quantitative estimate of drug-likeness (QED) is 0.791. The number of nitrogens with one attached hydrogen (secondary N) is 1. The number of hydrogen-bond donors (Lipinski definition) is 2. The maximum atomic E-state index is 12.5. The van der Waals surface area contributed by atoms with Crippen LogP contribution in [0.4, 0.5) is 5.69 Å². The molecule has 1 saturated heterocycles. The molecule has 0 spiro atoms. The van der Waals surface area contributed by atoms with Crippen LogP contribution in [-0.4, -0.2) is 48.4 Å². The molecule has 1 unspecified atom stereocenters. The molecule has 3 rings (SSSR count). The lowest BCUT2D eigenvalue weighted by atomic mass is 9.95.